The third kappa shape index (κ3) is 4.03. The van der Waals surface area contributed by atoms with Crippen molar-refractivity contribution in [3.8, 4) is 0 Å². The second-order valence-electron chi connectivity index (χ2n) is 4.72. The molecule has 0 spiro atoms. The summed E-state index contributed by atoms with van der Waals surface area (Å²) >= 11 is 0. The number of aliphatic hydroxyl groups excluding tert-OH is 1. The van der Waals surface area contributed by atoms with Gasteiger partial charge in [0.05, 0.1) is 5.56 Å². The molecule has 2 rings (SSSR count). The first-order valence-corrected chi connectivity index (χ1v) is 6.66. The molecule has 21 heavy (non-hydrogen) atoms. The quantitative estimate of drug-likeness (QED) is 0.740. The van der Waals surface area contributed by atoms with E-state index in [-0.39, 0.29) is 12.2 Å². The van der Waals surface area contributed by atoms with Crippen molar-refractivity contribution < 1.29 is 14.3 Å². The van der Waals surface area contributed by atoms with E-state index < -0.39 is 11.7 Å². The van der Waals surface area contributed by atoms with Gasteiger partial charge >= 0.3 is 0 Å². The molecular formula is C16H17FN2O2. The molecule has 2 aromatic rings. The number of hydrogen-bond donors (Lipinski definition) is 3. The van der Waals surface area contributed by atoms with Crippen LogP contribution in [0.2, 0.25) is 0 Å². The van der Waals surface area contributed by atoms with Crippen LogP contribution >= 0.6 is 0 Å². The standard InChI is InChI=1S/C16H17FN2O2/c17-15-7-6-12(18)10-14(15)16(21)19-13-5-1-3-11(9-13)4-2-8-20/h1,3,5-7,9-10,20H,2,4,8,18H2,(H,19,21). The fourth-order valence-electron chi connectivity index (χ4n) is 2.00. The van der Waals surface area contributed by atoms with Crippen molar-refractivity contribution in [1.29, 1.82) is 0 Å². The largest absolute Gasteiger partial charge is 0.399 e. The number of amides is 1. The highest BCUT2D eigenvalue weighted by Crippen LogP contribution is 2.16. The van der Waals surface area contributed by atoms with E-state index in [0.29, 0.717) is 24.2 Å². The van der Waals surface area contributed by atoms with Crippen LogP contribution in [-0.2, 0) is 6.42 Å². The Morgan fingerprint density at radius 3 is 2.81 bits per heavy atom. The molecule has 1 amide bonds. The summed E-state index contributed by atoms with van der Waals surface area (Å²) < 4.78 is 13.6. The number of carbonyl (C=O) groups excluding carboxylic acids is 1. The minimum atomic E-state index is -0.613. The second-order valence-corrected chi connectivity index (χ2v) is 4.72. The topological polar surface area (TPSA) is 75.4 Å². The Balaban J connectivity index is 2.14. The summed E-state index contributed by atoms with van der Waals surface area (Å²) in [6.45, 7) is 0.116. The highest BCUT2D eigenvalue weighted by atomic mass is 19.1. The van der Waals surface area contributed by atoms with Gasteiger partial charge in [-0.1, -0.05) is 12.1 Å². The lowest BCUT2D eigenvalue weighted by molar-refractivity contribution is 0.102. The number of hydrogen-bond acceptors (Lipinski definition) is 3. The molecule has 0 aromatic heterocycles. The number of anilines is 2. The lowest BCUT2D eigenvalue weighted by Gasteiger charge is -2.08. The molecule has 5 heteroatoms. The monoisotopic (exact) mass is 288 g/mol. The number of aryl methyl sites for hydroxylation is 1. The Morgan fingerprint density at radius 2 is 2.05 bits per heavy atom. The van der Waals surface area contributed by atoms with Gasteiger partial charge in [-0.3, -0.25) is 4.79 Å². The third-order valence-corrected chi connectivity index (χ3v) is 3.04. The summed E-state index contributed by atoms with van der Waals surface area (Å²) in [5.74, 6) is -1.16. The zero-order valence-corrected chi connectivity index (χ0v) is 11.5. The van der Waals surface area contributed by atoms with Crippen LogP contribution < -0.4 is 11.1 Å². The van der Waals surface area contributed by atoms with Gasteiger partial charge in [0.25, 0.3) is 5.91 Å². The van der Waals surface area contributed by atoms with Crippen LogP contribution in [0.5, 0.6) is 0 Å². The third-order valence-electron chi connectivity index (χ3n) is 3.04. The average Bonchev–Trinajstić information content (AvgIpc) is 2.48. The molecule has 4 nitrogen and oxygen atoms in total. The number of nitrogen functional groups attached to an aromatic ring is 1. The minimum Gasteiger partial charge on any atom is -0.399 e. The highest BCUT2D eigenvalue weighted by molar-refractivity contribution is 6.05. The molecule has 110 valence electrons. The van der Waals surface area contributed by atoms with Crippen molar-refractivity contribution in [2.45, 2.75) is 12.8 Å². The predicted octanol–water partition coefficient (Wildman–Crippen LogP) is 2.59. The fraction of sp³-hybridized carbons (Fsp3) is 0.188. The van der Waals surface area contributed by atoms with E-state index >= 15 is 0 Å². The van der Waals surface area contributed by atoms with Gasteiger partial charge in [0.1, 0.15) is 5.82 Å². The van der Waals surface area contributed by atoms with E-state index in [4.69, 9.17) is 10.8 Å². The van der Waals surface area contributed by atoms with Gasteiger partial charge in [-0.2, -0.15) is 0 Å². The van der Waals surface area contributed by atoms with Crippen LogP contribution in [-0.4, -0.2) is 17.6 Å². The van der Waals surface area contributed by atoms with Gasteiger partial charge in [-0.15, -0.1) is 0 Å². The summed E-state index contributed by atoms with van der Waals surface area (Å²) in [5.41, 5.74) is 7.39. The van der Waals surface area contributed by atoms with Crippen molar-refractivity contribution >= 4 is 17.3 Å². The Morgan fingerprint density at radius 1 is 1.24 bits per heavy atom. The van der Waals surface area contributed by atoms with E-state index in [1.54, 1.807) is 18.2 Å². The molecule has 0 aliphatic rings. The predicted molar refractivity (Wildman–Crippen MR) is 80.6 cm³/mol. The second kappa shape index (κ2) is 6.85. The van der Waals surface area contributed by atoms with Gasteiger partial charge < -0.3 is 16.2 Å². The smallest absolute Gasteiger partial charge is 0.258 e. The molecule has 0 unspecified atom stereocenters. The Labute approximate surface area is 122 Å². The molecule has 0 saturated heterocycles. The number of aliphatic hydroxyl groups is 1. The Bertz CT molecular complexity index is 644. The fourth-order valence-corrected chi connectivity index (χ4v) is 2.00. The summed E-state index contributed by atoms with van der Waals surface area (Å²) in [4.78, 5) is 12.1. The molecule has 0 saturated carbocycles. The maximum Gasteiger partial charge on any atom is 0.258 e. The van der Waals surface area contributed by atoms with Crippen LogP contribution in [0.15, 0.2) is 42.5 Å². The molecule has 0 fully saturated rings. The van der Waals surface area contributed by atoms with Gasteiger partial charge in [0.2, 0.25) is 0 Å². The van der Waals surface area contributed by atoms with Crippen LogP contribution in [0, 0.1) is 5.82 Å². The van der Waals surface area contributed by atoms with E-state index in [0.717, 1.165) is 5.56 Å². The van der Waals surface area contributed by atoms with Gasteiger partial charge in [0, 0.05) is 18.0 Å². The lowest BCUT2D eigenvalue weighted by Crippen LogP contribution is -2.14. The van der Waals surface area contributed by atoms with Crippen molar-refractivity contribution in [3.63, 3.8) is 0 Å². The first-order chi connectivity index (χ1) is 10.1. The first kappa shape index (κ1) is 15.0. The summed E-state index contributed by atoms with van der Waals surface area (Å²) in [6, 6.07) is 11.1. The lowest BCUT2D eigenvalue weighted by atomic mass is 10.1. The van der Waals surface area contributed by atoms with E-state index in [1.807, 2.05) is 6.07 Å². The van der Waals surface area contributed by atoms with Gasteiger partial charge in [-0.25, -0.2) is 4.39 Å². The van der Waals surface area contributed by atoms with E-state index in [9.17, 15) is 9.18 Å². The normalized spacial score (nSPS) is 10.4. The number of nitrogens with one attached hydrogen (secondary N) is 1. The van der Waals surface area contributed by atoms with Crippen molar-refractivity contribution in [3.05, 3.63) is 59.4 Å². The molecule has 0 atom stereocenters. The number of rotatable bonds is 5. The Hall–Kier alpha value is -2.40. The average molecular weight is 288 g/mol. The van der Waals surface area contributed by atoms with E-state index in [1.165, 1.54) is 18.2 Å². The van der Waals surface area contributed by atoms with Crippen LogP contribution in [0.3, 0.4) is 0 Å². The maximum absolute atomic E-state index is 13.6. The number of halogens is 1. The zero-order valence-electron chi connectivity index (χ0n) is 11.5. The van der Waals surface area contributed by atoms with Gasteiger partial charge in [0.15, 0.2) is 0 Å². The van der Waals surface area contributed by atoms with Crippen molar-refractivity contribution in [2.75, 3.05) is 17.7 Å². The SMILES string of the molecule is Nc1ccc(F)c(C(=O)Nc2cccc(CCCO)c2)c1. The van der Waals surface area contributed by atoms with Crippen LogP contribution in [0.4, 0.5) is 15.8 Å². The Kier molecular flexibility index (Phi) is 4.90. The molecule has 0 radical (unpaired) electrons. The van der Waals surface area contributed by atoms with Crippen LogP contribution in [0.1, 0.15) is 22.3 Å². The van der Waals surface area contributed by atoms with Crippen LogP contribution in [0.25, 0.3) is 0 Å². The minimum absolute atomic E-state index is 0.0873. The van der Waals surface area contributed by atoms with Gasteiger partial charge in [-0.05, 0) is 48.7 Å². The molecule has 4 N–H and O–H groups in total. The van der Waals surface area contributed by atoms with Crippen molar-refractivity contribution in [2.24, 2.45) is 0 Å². The molecule has 0 aliphatic carbocycles. The first-order valence-electron chi connectivity index (χ1n) is 6.66. The number of carbonyl (C=O) groups is 1. The zero-order chi connectivity index (χ0) is 15.2. The number of nitrogens with two attached hydrogens (primary N) is 1. The maximum atomic E-state index is 13.6. The van der Waals surface area contributed by atoms with E-state index in [2.05, 4.69) is 5.32 Å². The molecule has 0 aliphatic heterocycles. The molecule has 0 heterocycles. The summed E-state index contributed by atoms with van der Waals surface area (Å²) in [5, 5.41) is 11.5. The summed E-state index contributed by atoms with van der Waals surface area (Å²) in [7, 11) is 0. The highest BCUT2D eigenvalue weighted by Gasteiger charge is 2.12. The molecule has 2 aromatic carbocycles. The number of benzene rings is 2. The summed E-state index contributed by atoms with van der Waals surface area (Å²) in [6.07, 6.45) is 1.37. The molecular weight excluding hydrogens is 271 g/mol. The molecule has 0 bridgehead atoms. The van der Waals surface area contributed by atoms with Crippen molar-refractivity contribution in [1.82, 2.24) is 0 Å².